The first-order valence-electron chi connectivity index (χ1n) is 9.55. The summed E-state index contributed by atoms with van der Waals surface area (Å²) in [6.07, 6.45) is 6.30. The molecule has 8 atom stereocenters. The molecule has 0 aromatic rings. The summed E-state index contributed by atoms with van der Waals surface area (Å²) in [7, 11) is 0. The standard InChI is InChI=1S/C20H34Se2/c1-11-15-7-13(19(15,3)4)9-17(11)21-22-18-10-14-8-16(12(18)2)20(14,5)6/h11-18H,7-10H2,1-6H3/t11-,12-,13+,14+,15-,16-,17-,18-/m1/s1. The van der Waals surface area contributed by atoms with Gasteiger partial charge in [-0.3, -0.25) is 0 Å². The minimum atomic E-state index is 0.683. The SMILES string of the molecule is C[C@@H]1[C@H]2C[C@@H](C[C@H]1[Se][Se][C@@H]1C[C@@H]3C[C@H]([C@H]1C)C3(C)C)C2(C)C. The minimum absolute atomic E-state index is 0.683. The number of fused-ring (bicyclic) bond motifs is 4. The molecular formula is C20H34Se2. The van der Waals surface area contributed by atoms with E-state index in [-0.39, 0.29) is 0 Å². The Morgan fingerprint density at radius 1 is 0.636 bits per heavy atom. The third kappa shape index (κ3) is 2.20. The molecule has 0 saturated heterocycles. The van der Waals surface area contributed by atoms with Gasteiger partial charge in [0.15, 0.2) is 0 Å². The number of rotatable bonds is 3. The molecule has 4 bridgehead atoms. The van der Waals surface area contributed by atoms with Crippen molar-refractivity contribution in [1.29, 1.82) is 0 Å². The van der Waals surface area contributed by atoms with Crippen molar-refractivity contribution in [2.45, 2.75) is 76.9 Å². The Morgan fingerprint density at radius 2 is 1.00 bits per heavy atom. The van der Waals surface area contributed by atoms with Crippen LogP contribution in [-0.4, -0.2) is 26.3 Å². The first kappa shape index (κ1) is 16.5. The third-order valence-electron chi connectivity index (χ3n) is 8.87. The van der Waals surface area contributed by atoms with Gasteiger partial charge in [-0.1, -0.05) is 0 Å². The quantitative estimate of drug-likeness (QED) is 0.532. The monoisotopic (exact) mass is 434 g/mol. The topological polar surface area (TPSA) is 0 Å². The van der Waals surface area contributed by atoms with Crippen molar-refractivity contribution >= 4 is 26.3 Å². The third-order valence-corrected chi connectivity index (χ3v) is 19.4. The van der Waals surface area contributed by atoms with Crippen molar-refractivity contribution in [2.75, 3.05) is 0 Å². The van der Waals surface area contributed by atoms with E-state index in [0.717, 1.165) is 71.4 Å². The fraction of sp³-hybridized carbons (Fsp3) is 1.00. The van der Waals surface area contributed by atoms with Gasteiger partial charge in [-0.15, -0.1) is 0 Å². The predicted octanol–water partition coefficient (Wildman–Crippen LogP) is 5.29. The molecule has 6 saturated carbocycles. The average molecular weight is 432 g/mol. The van der Waals surface area contributed by atoms with E-state index < -0.39 is 0 Å². The molecule has 6 rings (SSSR count). The Hall–Kier alpha value is 1.04. The van der Waals surface area contributed by atoms with Gasteiger partial charge in [-0.2, -0.15) is 0 Å². The molecule has 0 unspecified atom stereocenters. The van der Waals surface area contributed by atoms with Crippen LogP contribution in [-0.2, 0) is 0 Å². The van der Waals surface area contributed by atoms with Crippen LogP contribution in [0, 0.1) is 46.3 Å². The molecule has 0 amide bonds. The average Bonchev–Trinajstić information content (AvgIpc) is 2.46. The molecule has 0 heterocycles. The Bertz CT molecular complexity index is 413. The molecular weight excluding hydrogens is 398 g/mol. The number of hydrogen-bond donors (Lipinski definition) is 0. The van der Waals surface area contributed by atoms with Crippen LogP contribution in [0.2, 0.25) is 9.63 Å². The maximum absolute atomic E-state index is 2.61. The summed E-state index contributed by atoms with van der Waals surface area (Å²) < 4.78 is 0. The molecule has 0 N–H and O–H groups in total. The van der Waals surface area contributed by atoms with Crippen molar-refractivity contribution in [3.8, 4) is 0 Å². The van der Waals surface area contributed by atoms with Crippen molar-refractivity contribution in [1.82, 2.24) is 0 Å². The van der Waals surface area contributed by atoms with Gasteiger partial charge in [-0.25, -0.2) is 0 Å². The summed E-state index contributed by atoms with van der Waals surface area (Å²) in [6, 6.07) is 0. The summed E-state index contributed by atoms with van der Waals surface area (Å²) in [5.74, 6) is 6.34. The maximum atomic E-state index is 2.61. The van der Waals surface area contributed by atoms with Crippen LogP contribution in [0.3, 0.4) is 0 Å². The van der Waals surface area contributed by atoms with Crippen LogP contribution >= 0.6 is 0 Å². The van der Waals surface area contributed by atoms with E-state index in [1.54, 1.807) is 25.7 Å². The van der Waals surface area contributed by atoms with Crippen LogP contribution in [0.1, 0.15) is 67.2 Å². The van der Waals surface area contributed by atoms with Gasteiger partial charge in [0, 0.05) is 0 Å². The van der Waals surface area contributed by atoms with E-state index in [1.807, 2.05) is 0 Å². The summed E-state index contributed by atoms with van der Waals surface area (Å²) in [5.41, 5.74) is 1.37. The predicted molar refractivity (Wildman–Crippen MR) is 97.3 cm³/mol. The molecule has 6 aliphatic rings. The van der Waals surface area contributed by atoms with Crippen LogP contribution in [0.5, 0.6) is 0 Å². The molecule has 2 heteroatoms. The molecule has 126 valence electrons. The Kier molecular flexibility index (Phi) is 3.95. The Labute approximate surface area is 149 Å². The molecule has 0 aromatic heterocycles. The van der Waals surface area contributed by atoms with Crippen molar-refractivity contribution in [2.24, 2.45) is 46.3 Å². The zero-order valence-electron chi connectivity index (χ0n) is 15.3. The van der Waals surface area contributed by atoms with Gasteiger partial charge in [0.2, 0.25) is 0 Å². The van der Waals surface area contributed by atoms with Gasteiger partial charge in [-0.05, 0) is 0 Å². The summed E-state index contributed by atoms with van der Waals surface area (Å²) in [4.78, 5) is 2.28. The Morgan fingerprint density at radius 3 is 1.27 bits per heavy atom. The zero-order chi connectivity index (χ0) is 15.9. The fourth-order valence-electron chi connectivity index (χ4n) is 6.60. The van der Waals surface area contributed by atoms with Crippen molar-refractivity contribution in [3.63, 3.8) is 0 Å². The van der Waals surface area contributed by atoms with Crippen molar-refractivity contribution < 1.29 is 0 Å². The zero-order valence-corrected chi connectivity index (χ0v) is 18.7. The van der Waals surface area contributed by atoms with Crippen LogP contribution in [0.4, 0.5) is 0 Å². The molecule has 0 nitrogen and oxygen atoms in total. The molecule has 6 aliphatic carbocycles. The van der Waals surface area contributed by atoms with E-state index >= 15 is 0 Å². The Balaban J connectivity index is 1.33. The molecule has 0 spiro atoms. The van der Waals surface area contributed by atoms with E-state index in [4.69, 9.17) is 0 Å². The van der Waals surface area contributed by atoms with E-state index in [9.17, 15) is 0 Å². The summed E-state index contributed by atoms with van der Waals surface area (Å²) in [5, 5.41) is 0. The van der Waals surface area contributed by atoms with Crippen LogP contribution in [0.25, 0.3) is 0 Å². The second kappa shape index (κ2) is 5.27. The van der Waals surface area contributed by atoms with Crippen LogP contribution < -0.4 is 0 Å². The fourth-order valence-corrected chi connectivity index (χ4v) is 18.7. The van der Waals surface area contributed by atoms with Gasteiger partial charge in [0.1, 0.15) is 0 Å². The number of hydrogen-bond acceptors (Lipinski definition) is 0. The van der Waals surface area contributed by atoms with E-state index in [2.05, 4.69) is 41.5 Å². The second-order valence-corrected chi connectivity index (χ2v) is 17.7. The molecule has 0 aromatic carbocycles. The van der Waals surface area contributed by atoms with Crippen molar-refractivity contribution in [3.05, 3.63) is 0 Å². The van der Waals surface area contributed by atoms with E-state index in [0.29, 0.717) is 10.8 Å². The van der Waals surface area contributed by atoms with Gasteiger partial charge >= 0.3 is 149 Å². The van der Waals surface area contributed by atoms with Crippen LogP contribution in [0.15, 0.2) is 0 Å². The molecule has 0 aliphatic heterocycles. The summed E-state index contributed by atoms with van der Waals surface area (Å²) in [6.45, 7) is 15.4. The summed E-state index contributed by atoms with van der Waals surface area (Å²) >= 11 is 1.96. The first-order valence-corrected chi connectivity index (χ1v) is 15.9. The van der Waals surface area contributed by atoms with Gasteiger partial charge in [0.25, 0.3) is 0 Å². The molecule has 6 fully saturated rings. The van der Waals surface area contributed by atoms with Gasteiger partial charge < -0.3 is 0 Å². The molecule has 0 radical (unpaired) electrons. The van der Waals surface area contributed by atoms with E-state index in [1.165, 1.54) is 0 Å². The second-order valence-electron chi connectivity index (χ2n) is 10.2. The molecule has 22 heavy (non-hydrogen) atoms. The first-order chi connectivity index (χ1) is 10.2. The van der Waals surface area contributed by atoms with Gasteiger partial charge in [0.05, 0.1) is 0 Å². The normalized spacial score (nSPS) is 54.3.